The second kappa shape index (κ2) is 9.23. The Labute approximate surface area is 156 Å². The molecular formula is C23H27NO2. The van der Waals surface area contributed by atoms with Gasteiger partial charge in [-0.05, 0) is 49.4 Å². The fraction of sp³-hybridized carbons (Fsp3) is 0.348. The van der Waals surface area contributed by atoms with E-state index in [1.165, 1.54) is 0 Å². The third kappa shape index (κ3) is 4.98. The van der Waals surface area contributed by atoms with Gasteiger partial charge in [0, 0.05) is 19.0 Å². The minimum absolute atomic E-state index is 0.147. The molecule has 3 rings (SSSR count). The second-order valence-corrected chi connectivity index (χ2v) is 6.75. The molecule has 0 heterocycles. The summed E-state index contributed by atoms with van der Waals surface area (Å²) in [4.78, 5) is 14.7. The van der Waals surface area contributed by atoms with Crippen LogP contribution in [-0.2, 0) is 17.9 Å². The van der Waals surface area contributed by atoms with E-state index in [-0.39, 0.29) is 11.8 Å². The quantitative estimate of drug-likeness (QED) is 0.661. The fourth-order valence-electron chi connectivity index (χ4n) is 3.27. The molecule has 0 spiro atoms. The Morgan fingerprint density at radius 2 is 1.81 bits per heavy atom. The molecule has 0 aliphatic heterocycles. The van der Waals surface area contributed by atoms with Crippen molar-refractivity contribution in [2.24, 2.45) is 5.92 Å². The van der Waals surface area contributed by atoms with Gasteiger partial charge in [-0.15, -0.1) is 0 Å². The Balaban J connectivity index is 1.55. The molecule has 0 saturated carbocycles. The van der Waals surface area contributed by atoms with Gasteiger partial charge in [0.1, 0.15) is 12.4 Å². The molecular weight excluding hydrogens is 322 g/mol. The topological polar surface area (TPSA) is 29.5 Å². The van der Waals surface area contributed by atoms with Crippen LogP contribution in [0.25, 0.3) is 0 Å². The molecule has 2 aromatic carbocycles. The van der Waals surface area contributed by atoms with E-state index in [1.54, 1.807) is 0 Å². The van der Waals surface area contributed by atoms with E-state index in [2.05, 4.69) is 36.4 Å². The normalized spacial score (nSPS) is 16.3. The Kier molecular flexibility index (Phi) is 6.48. The van der Waals surface area contributed by atoms with Crippen LogP contribution in [0.2, 0.25) is 0 Å². The predicted octanol–water partition coefficient (Wildman–Crippen LogP) is 4.97. The molecule has 1 atom stereocenters. The zero-order chi connectivity index (χ0) is 18.2. The van der Waals surface area contributed by atoms with Crippen molar-refractivity contribution in [1.29, 1.82) is 0 Å². The van der Waals surface area contributed by atoms with Crippen molar-refractivity contribution >= 4 is 5.91 Å². The van der Waals surface area contributed by atoms with Gasteiger partial charge < -0.3 is 9.64 Å². The minimum Gasteiger partial charge on any atom is -0.489 e. The van der Waals surface area contributed by atoms with Gasteiger partial charge in [0.25, 0.3) is 0 Å². The maximum Gasteiger partial charge on any atom is 0.226 e. The van der Waals surface area contributed by atoms with Crippen molar-refractivity contribution in [3.63, 3.8) is 0 Å². The zero-order valence-electron chi connectivity index (χ0n) is 15.4. The van der Waals surface area contributed by atoms with E-state index < -0.39 is 0 Å². The molecule has 136 valence electrons. The van der Waals surface area contributed by atoms with Gasteiger partial charge in [0.05, 0.1) is 0 Å². The lowest BCUT2D eigenvalue weighted by atomic mass is 9.93. The molecule has 2 aromatic rings. The molecule has 0 N–H and O–H groups in total. The molecule has 0 bridgehead atoms. The number of ether oxygens (including phenoxy) is 1. The van der Waals surface area contributed by atoms with Gasteiger partial charge in [0.2, 0.25) is 5.91 Å². The number of hydrogen-bond donors (Lipinski definition) is 0. The Morgan fingerprint density at radius 1 is 1.04 bits per heavy atom. The molecule has 1 aliphatic carbocycles. The van der Waals surface area contributed by atoms with Crippen molar-refractivity contribution in [2.45, 2.75) is 39.3 Å². The summed E-state index contributed by atoms with van der Waals surface area (Å²) < 4.78 is 5.83. The van der Waals surface area contributed by atoms with Crippen LogP contribution in [0.5, 0.6) is 5.75 Å². The van der Waals surface area contributed by atoms with E-state index in [0.29, 0.717) is 13.2 Å². The number of amides is 1. The van der Waals surface area contributed by atoms with Gasteiger partial charge in [-0.25, -0.2) is 0 Å². The van der Waals surface area contributed by atoms with Gasteiger partial charge in [0.15, 0.2) is 0 Å². The van der Waals surface area contributed by atoms with Gasteiger partial charge in [-0.2, -0.15) is 0 Å². The van der Waals surface area contributed by atoms with Crippen LogP contribution >= 0.6 is 0 Å². The third-order valence-corrected chi connectivity index (χ3v) is 4.86. The molecule has 1 amide bonds. The zero-order valence-corrected chi connectivity index (χ0v) is 15.4. The van der Waals surface area contributed by atoms with Gasteiger partial charge in [-0.3, -0.25) is 4.79 Å². The average Bonchev–Trinajstić information content (AvgIpc) is 2.72. The Bertz CT molecular complexity index is 722. The van der Waals surface area contributed by atoms with Crippen LogP contribution < -0.4 is 4.74 Å². The van der Waals surface area contributed by atoms with Crippen molar-refractivity contribution < 1.29 is 9.53 Å². The van der Waals surface area contributed by atoms with E-state index in [0.717, 1.165) is 42.7 Å². The van der Waals surface area contributed by atoms with Crippen LogP contribution in [0.4, 0.5) is 0 Å². The lowest BCUT2D eigenvalue weighted by molar-refractivity contribution is -0.136. The maximum atomic E-state index is 12.7. The lowest BCUT2D eigenvalue weighted by Gasteiger charge is -2.27. The summed E-state index contributed by atoms with van der Waals surface area (Å²) in [5.74, 6) is 1.28. The van der Waals surface area contributed by atoms with E-state index in [4.69, 9.17) is 4.74 Å². The Hall–Kier alpha value is -2.55. The monoisotopic (exact) mass is 349 g/mol. The molecule has 3 nitrogen and oxygen atoms in total. The number of allylic oxidation sites excluding steroid dienone is 2. The maximum absolute atomic E-state index is 12.7. The first-order valence-corrected chi connectivity index (χ1v) is 9.45. The van der Waals surface area contributed by atoms with E-state index in [1.807, 2.05) is 42.2 Å². The largest absolute Gasteiger partial charge is 0.489 e. The number of nitrogens with zero attached hydrogens (tertiary/aromatic N) is 1. The molecule has 1 aliphatic rings. The summed E-state index contributed by atoms with van der Waals surface area (Å²) in [5, 5.41) is 0. The standard InChI is InChI=1S/C23H27NO2/c1-2-24(23(25)21-11-7-4-8-12-21)17-19-13-15-22(16-14-19)26-18-20-9-5-3-6-10-20/h3-7,9-10,13-16,21H,2,8,11-12,17-18H2,1H3. The molecule has 1 unspecified atom stereocenters. The summed E-state index contributed by atoms with van der Waals surface area (Å²) in [5.41, 5.74) is 2.29. The smallest absolute Gasteiger partial charge is 0.226 e. The predicted molar refractivity (Wildman–Crippen MR) is 105 cm³/mol. The summed E-state index contributed by atoms with van der Waals surface area (Å²) in [7, 11) is 0. The van der Waals surface area contributed by atoms with Gasteiger partial charge in [-0.1, -0.05) is 54.6 Å². The first-order chi connectivity index (χ1) is 12.8. The average molecular weight is 349 g/mol. The van der Waals surface area contributed by atoms with Crippen molar-refractivity contribution in [1.82, 2.24) is 4.90 Å². The van der Waals surface area contributed by atoms with Crippen LogP contribution in [0.3, 0.4) is 0 Å². The number of carbonyl (C=O) groups excluding carboxylic acids is 1. The lowest BCUT2D eigenvalue weighted by Crippen LogP contribution is -2.35. The molecule has 0 saturated heterocycles. The summed E-state index contributed by atoms with van der Waals surface area (Å²) in [6, 6.07) is 18.2. The summed E-state index contributed by atoms with van der Waals surface area (Å²) in [6.07, 6.45) is 7.17. The molecule has 0 fully saturated rings. The van der Waals surface area contributed by atoms with Crippen molar-refractivity contribution in [3.8, 4) is 5.75 Å². The minimum atomic E-state index is 0.147. The highest BCUT2D eigenvalue weighted by molar-refractivity contribution is 5.79. The van der Waals surface area contributed by atoms with Crippen LogP contribution in [0, 0.1) is 5.92 Å². The Morgan fingerprint density at radius 3 is 2.46 bits per heavy atom. The number of benzene rings is 2. The van der Waals surface area contributed by atoms with Crippen LogP contribution in [0.15, 0.2) is 66.7 Å². The molecule has 3 heteroatoms. The molecule has 0 radical (unpaired) electrons. The number of hydrogen-bond acceptors (Lipinski definition) is 2. The highest BCUT2D eigenvalue weighted by Crippen LogP contribution is 2.22. The first kappa shape index (κ1) is 18.2. The van der Waals surface area contributed by atoms with Crippen LogP contribution in [-0.4, -0.2) is 17.4 Å². The van der Waals surface area contributed by atoms with Crippen LogP contribution in [0.1, 0.15) is 37.3 Å². The van der Waals surface area contributed by atoms with Crippen molar-refractivity contribution in [2.75, 3.05) is 6.54 Å². The van der Waals surface area contributed by atoms with Crippen molar-refractivity contribution in [3.05, 3.63) is 77.9 Å². The number of rotatable bonds is 7. The van der Waals surface area contributed by atoms with E-state index in [9.17, 15) is 4.79 Å². The van der Waals surface area contributed by atoms with E-state index >= 15 is 0 Å². The van der Waals surface area contributed by atoms with Gasteiger partial charge >= 0.3 is 0 Å². The highest BCUT2D eigenvalue weighted by Gasteiger charge is 2.23. The summed E-state index contributed by atoms with van der Waals surface area (Å²) in [6.45, 7) is 4.02. The third-order valence-electron chi connectivity index (χ3n) is 4.86. The first-order valence-electron chi connectivity index (χ1n) is 9.45. The number of carbonyl (C=O) groups is 1. The highest BCUT2D eigenvalue weighted by atomic mass is 16.5. The fourth-order valence-corrected chi connectivity index (χ4v) is 3.27. The molecule has 0 aromatic heterocycles. The molecule has 26 heavy (non-hydrogen) atoms. The summed E-state index contributed by atoms with van der Waals surface area (Å²) >= 11 is 0. The SMILES string of the molecule is CCN(Cc1ccc(OCc2ccccc2)cc1)C(=O)C1CC=CCC1. The second-order valence-electron chi connectivity index (χ2n) is 6.75.